The van der Waals surface area contributed by atoms with Gasteiger partial charge in [0.15, 0.2) is 0 Å². The topological polar surface area (TPSA) is 46.6 Å². The summed E-state index contributed by atoms with van der Waals surface area (Å²) < 4.78 is 26.5. The van der Waals surface area contributed by atoms with Crippen molar-refractivity contribution in [1.29, 1.82) is 0 Å². The number of likely N-dealkylation sites (N-methyl/N-ethyl adjacent to an activating group) is 1. The Hall–Kier alpha value is -1.07. The Morgan fingerprint density at radius 2 is 2.19 bits per heavy atom. The Balaban J connectivity index is 2.14. The molecule has 0 atom stereocenters. The lowest BCUT2D eigenvalue weighted by Gasteiger charge is -2.12. The van der Waals surface area contributed by atoms with Crippen molar-refractivity contribution in [2.75, 3.05) is 24.7 Å². The first-order valence-electron chi connectivity index (χ1n) is 5.13. The number of hydrogen-bond acceptors (Lipinski definition) is 4. The van der Waals surface area contributed by atoms with Crippen molar-refractivity contribution < 1.29 is 12.6 Å². The van der Waals surface area contributed by atoms with Crippen LogP contribution in [0.3, 0.4) is 0 Å². The van der Waals surface area contributed by atoms with E-state index in [1.807, 2.05) is 18.2 Å². The summed E-state index contributed by atoms with van der Waals surface area (Å²) in [4.78, 5) is 2.19. The smallest absolute Gasteiger partial charge is 0.264 e. The number of hydrogen-bond donors (Lipinski definition) is 0. The first-order chi connectivity index (χ1) is 7.46. The lowest BCUT2D eigenvalue weighted by atomic mass is 10.1. The summed E-state index contributed by atoms with van der Waals surface area (Å²) in [5.41, 5.74) is 3.39. The van der Waals surface area contributed by atoms with Crippen LogP contribution in [0.25, 0.3) is 0 Å². The summed E-state index contributed by atoms with van der Waals surface area (Å²) in [7, 11) is -1.30. The largest absolute Gasteiger partial charge is 0.374 e. The van der Waals surface area contributed by atoms with Crippen LogP contribution in [-0.2, 0) is 27.3 Å². The molecule has 1 aromatic rings. The predicted molar refractivity (Wildman–Crippen MR) is 63.0 cm³/mol. The van der Waals surface area contributed by atoms with Crippen molar-refractivity contribution in [1.82, 2.24) is 0 Å². The van der Waals surface area contributed by atoms with Crippen LogP contribution in [0.2, 0.25) is 0 Å². The average Bonchev–Trinajstić information content (AvgIpc) is 2.56. The summed E-state index contributed by atoms with van der Waals surface area (Å²) in [6.45, 7) is 1.14. The molecule has 1 aromatic carbocycles. The van der Waals surface area contributed by atoms with Gasteiger partial charge in [-0.1, -0.05) is 12.1 Å². The normalized spacial score (nSPS) is 15.2. The maximum atomic E-state index is 10.9. The quantitative estimate of drug-likeness (QED) is 0.745. The molecule has 0 spiro atoms. The van der Waals surface area contributed by atoms with Gasteiger partial charge in [0.05, 0.1) is 12.9 Å². The SMILES string of the molecule is CN1CCc2cc(COS(C)(=O)=O)ccc21. The molecule has 0 amide bonds. The maximum Gasteiger partial charge on any atom is 0.264 e. The summed E-state index contributed by atoms with van der Waals surface area (Å²) in [6, 6.07) is 5.94. The van der Waals surface area contributed by atoms with Gasteiger partial charge in [0, 0.05) is 19.3 Å². The van der Waals surface area contributed by atoms with Gasteiger partial charge in [0.25, 0.3) is 10.1 Å². The zero-order valence-electron chi connectivity index (χ0n) is 9.43. The molecule has 1 heterocycles. The number of anilines is 1. The van der Waals surface area contributed by atoms with Crippen LogP contribution in [0, 0.1) is 0 Å². The van der Waals surface area contributed by atoms with Crippen molar-refractivity contribution >= 4 is 15.8 Å². The van der Waals surface area contributed by atoms with Crippen molar-refractivity contribution in [2.45, 2.75) is 13.0 Å². The van der Waals surface area contributed by atoms with Crippen LogP contribution in [0.1, 0.15) is 11.1 Å². The van der Waals surface area contributed by atoms with E-state index >= 15 is 0 Å². The maximum absolute atomic E-state index is 10.9. The Labute approximate surface area is 96.0 Å². The third-order valence-corrected chi connectivity index (χ3v) is 3.26. The molecule has 0 N–H and O–H groups in total. The lowest BCUT2D eigenvalue weighted by molar-refractivity contribution is 0.311. The molecule has 0 bridgehead atoms. The van der Waals surface area contributed by atoms with E-state index in [0.717, 1.165) is 24.8 Å². The Morgan fingerprint density at radius 3 is 2.88 bits per heavy atom. The molecular formula is C11H15NO3S. The predicted octanol–water partition coefficient (Wildman–Crippen LogP) is 1.16. The second kappa shape index (κ2) is 4.07. The minimum absolute atomic E-state index is 0.121. The number of rotatable bonds is 3. The molecule has 16 heavy (non-hydrogen) atoms. The number of fused-ring (bicyclic) bond motifs is 1. The van der Waals surface area contributed by atoms with E-state index in [9.17, 15) is 8.42 Å². The van der Waals surface area contributed by atoms with Gasteiger partial charge in [-0.05, 0) is 23.6 Å². The average molecular weight is 241 g/mol. The molecule has 5 heteroatoms. The minimum Gasteiger partial charge on any atom is -0.374 e. The van der Waals surface area contributed by atoms with Crippen LogP contribution in [0.4, 0.5) is 5.69 Å². The second-order valence-electron chi connectivity index (χ2n) is 4.10. The number of nitrogens with zero attached hydrogens (tertiary/aromatic N) is 1. The molecule has 0 aromatic heterocycles. The highest BCUT2D eigenvalue weighted by atomic mass is 32.2. The van der Waals surface area contributed by atoms with Crippen molar-refractivity contribution in [3.05, 3.63) is 29.3 Å². The van der Waals surface area contributed by atoms with E-state index in [-0.39, 0.29) is 6.61 Å². The molecule has 0 saturated carbocycles. The van der Waals surface area contributed by atoms with E-state index in [1.165, 1.54) is 11.3 Å². The van der Waals surface area contributed by atoms with Crippen LogP contribution < -0.4 is 4.90 Å². The summed E-state index contributed by atoms with van der Waals surface area (Å²) >= 11 is 0. The fourth-order valence-electron chi connectivity index (χ4n) is 1.88. The van der Waals surface area contributed by atoms with E-state index in [0.29, 0.717) is 0 Å². The van der Waals surface area contributed by atoms with E-state index in [2.05, 4.69) is 11.9 Å². The monoisotopic (exact) mass is 241 g/mol. The molecule has 1 aliphatic heterocycles. The molecule has 0 fully saturated rings. The zero-order chi connectivity index (χ0) is 11.8. The highest BCUT2D eigenvalue weighted by Gasteiger charge is 2.15. The molecular weight excluding hydrogens is 226 g/mol. The summed E-state index contributed by atoms with van der Waals surface area (Å²) in [5.74, 6) is 0. The first kappa shape index (κ1) is 11.4. The first-order valence-corrected chi connectivity index (χ1v) is 6.95. The minimum atomic E-state index is -3.36. The zero-order valence-corrected chi connectivity index (χ0v) is 10.3. The van der Waals surface area contributed by atoms with Crippen LogP contribution in [0.5, 0.6) is 0 Å². The molecule has 0 saturated heterocycles. The molecule has 0 radical (unpaired) electrons. The van der Waals surface area contributed by atoms with Gasteiger partial charge >= 0.3 is 0 Å². The molecule has 0 unspecified atom stereocenters. The third-order valence-electron chi connectivity index (χ3n) is 2.71. The van der Waals surface area contributed by atoms with Crippen LogP contribution >= 0.6 is 0 Å². The fourth-order valence-corrected chi connectivity index (χ4v) is 2.24. The Morgan fingerprint density at radius 1 is 1.44 bits per heavy atom. The van der Waals surface area contributed by atoms with Crippen LogP contribution in [0.15, 0.2) is 18.2 Å². The van der Waals surface area contributed by atoms with Crippen molar-refractivity contribution in [3.63, 3.8) is 0 Å². The Kier molecular flexibility index (Phi) is 2.90. The van der Waals surface area contributed by atoms with Gasteiger partial charge in [-0.15, -0.1) is 0 Å². The van der Waals surface area contributed by atoms with Crippen molar-refractivity contribution in [2.24, 2.45) is 0 Å². The number of benzene rings is 1. The molecule has 0 aliphatic carbocycles. The molecule has 4 nitrogen and oxygen atoms in total. The molecule has 1 aliphatic rings. The highest BCUT2D eigenvalue weighted by Crippen LogP contribution is 2.27. The molecule has 2 rings (SSSR count). The van der Waals surface area contributed by atoms with Gasteiger partial charge < -0.3 is 4.90 Å². The second-order valence-corrected chi connectivity index (χ2v) is 5.74. The van der Waals surface area contributed by atoms with Gasteiger partial charge in [0.1, 0.15) is 0 Å². The van der Waals surface area contributed by atoms with E-state index in [4.69, 9.17) is 4.18 Å². The standard InChI is InChI=1S/C11H15NO3S/c1-12-6-5-10-7-9(3-4-11(10)12)8-15-16(2,13)14/h3-4,7H,5-6,8H2,1-2H3. The van der Waals surface area contributed by atoms with E-state index < -0.39 is 10.1 Å². The summed E-state index contributed by atoms with van der Waals surface area (Å²) in [6.07, 6.45) is 2.08. The van der Waals surface area contributed by atoms with E-state index in [1.54, 1.807) is 0 Å². The van der Waals surface area contributed by atoms with Gasteiger partial charge in [0.2, 0.25) is 0 Å². The highest BCUT2D eigenvalue weighted by molar-refractivity contribution is 7.85. The van der Waals surface area contributed by atoms with Gasteiger partial charge in [-0.25, -0.2) is 0 Å². The molecule has 88 valence electrons. The van der Waals surface area contributed by atoms with Gasteiger partial charge in [-0.2, -0.15) is 8.42 Å². The third kappa shape index (κ3) is 2.54. The lowest BCUT2D eigenvalue weighted by Crippen LogP contribution is -2.12. The van der Waals surface area contributed by atoms with Gasteiger partial charge in [-0.3, -0.25) is 4.18 Å². The van der Waals surface area contributed by atoms with Crippen LogP contribution in [-0.4, -0.2) is 28.3 Å². The summed E-state index contributed by atoms with van der Waals surface area (Å²) in [5, 5.41) is 0. The fraction of sp³-hybridized carbons (Fsp3) is 0.455. The Bertz CT molecular complexity index is 496. The van der Waals surface area contributed by atoms with Crippen molar-refractivity contribution in [3.8, 4) is 0 Å².